The number of hydrogen-bond acceptors (Lipinski definition) is 5. The number of phenols is 1. The van der Waals surface area contributed by atoms with Gasteiger partial charge in [0.1, 0.15) is 23.7 Å². The van der Waals surface area contributed by atoms with Crippen LogP contribution in [0.4, 0.5) is 0 Å². The van der Waals surface area contributed by atoms with E-state index in [1.807, 2.05) is 18.3 Å². The van der Waals surface area contributed by atoms with Crippen molar-refractivity contribution in [3.05, 3.63) is 47.3 Å². The molecule has 3 N–H and O–H groups in total. The smallest absolute Gasteiger partial charge is 0.227 e. The Kier molecular flexibility index (Phi) is 9.83. The number of quaternary nitrogens is 1. The van der Waals surface area contributed by atoms with Crippen LogP contribution in [0.2, 0.25) is 0 Å². The molecule has 0 radical (unpaired) electrons. The van der Waals surface area contributed by atoms with Crippen LogP contribution in [-0.4, -0.2) is 41.1 Å². The van der Waals surface area contributed by atoms with Crippen LogP contribution >= 0.6 is 0 Å². The minimum absolute atomic E-state index is 0.0848. The molecular formula is C32H47N2O4+. The van der Waals surface area contributed by atoms with E-state index >= 15 is 0 Å². The molecule has 3 aliphatic rings. The molecule has 1 saturated carbocycles. The van der Waals surface area contributed by atoms with Crippen molar-refractivity contribution in [2.24, 2.45) is 16.3 Å². The molecule has 6 heteroatoms. The molecule has 208 valence electrons. The van der Waals surface area contributed by atoms with Crippen LogP contribution in [0.1, 0.15) is 97.0 Å². The average molecular weight is 524 g/mol. The van der Waals surface area contributed by atoms with Crippen molar-refractivity contribution in [1.29, 1.82) is 0 Å². The fourth-order valence-corrected chi connectivity index (χ4v) is 6.22. The summed E-state index contributed by atoms with van der Waals surface area (Å²) in [6.07, 6.45) is 17.0. The van der Waals surface area contributed by atoms with E-state index in [0.29, 0.717) is 49.1 Å². The van der Waals surface area contributed by atoms with Crippen LogP contribution in [0.5, 0.6) is 11.5 Å². The van der Waals surface area contributed by atoms with Crippen molar-refractivity contribution >= 4 is 12.0 Å². The number of benzene rings is 1. The molecule has 1 aliphatic carbocycles. The van der Waals surface area contributed by atoms with Crippen LogP contribution in [0.3, 0.4) is 0 Å². The zero-order chi connectivity index (χ0) is 27.1. The van der Waals surface area contributed by atoms with Crippen molar-refractivity contribution in [2.75, 3.05) is 6.73 Å². The summed E-state index contributed by atoms with van der Waals surface area (Å²) in [6, 6.07) is 5.63. The molecule has 6 nitrogen and oxygen atoms in total. The largest absolute Gasteiger partial charge is 0.504 e. The summed E-state index contributed by atoms with van der Waals surface area (Å²) in [6.45, 7) is 7.25. The van der Waals surface area contributed by atoms with Gasteiger partial charge in [0.25, 0.3) is 0 Å². The van der Waals surface area contributed by atoms with Gasteiger partial charge in [-0.2, -0.15) is 0 Å². The van der Waals surface area contributed by atoms with Crippen LogP contribution in [0.25, 0.3) is 0 Å². The van der Waals surface area contributed by atoms with E-state index < -0.39 is 6.10 Å². The first kappa shape index (κ1) is 28.6. The first-order chi connectivity index (χ1) is 18.2. The predicted octanol–water partition coefficient (Wildman–Crippen LogP) is 5.29. The Morgan fingerprint density at radius 1 is 1.24 bits per heavy atom. The number of nitrogens with zero attached hydrogens (tertiary/aromatic N) is 1. The maximum atomic E-state index is 12.5. The van der Waals surface area contributed by atoms with Gasteiger partial charge in [0.15, 0.2) is 11.5 Å². The van der Waals surface area contributed by atoms with Gasteiger partial charge >= 0.3 is 0 Å². The van der Waals surface area contributed by atoms with Gasteiger partial charge in [-0.05, 0) is 73.6 Å². The molecule has 0 amide bonds. The number of aliphatic imine (C=N–C) groups is 1. The highest BCUT2D eigenvalue weighted by atomic mass is 16.5. The molecule has 1 fully saturated rings. The Labute approximate surface area is 228 Å². The lowest BCUT2D eigenvalue weighted by molar-refractivity contribution is -0.880. The van der Waals surface area contributed by atoms with E-state index in [0.717, 1.165) is 36.9 Å². The molecule has 38 heavy (non-hydrogen) atoms. The minimum Gasteiger partial charge on any atom is -0.504 e. The summed E-state index contributed by atoms with van der Waals surface area (Å²) in [7, 11) is 0. The van der Waals surface area contributed by atoms with Gasteiger partial charge in [-0.1, -0.05) is 46.1 Å². The third kappa shape index (κ3) is 7.79. The minimum atomic E-state index is -0.550. The Balaban J connectivity index is 1.23. The van der Waals surface area contributed by atoms with Crippen molar-refractivity contribution in [3.8, 4) is 11.5 Å². The highest BCUT2D eigenvalue weighted by Crippen LogP contribution is 2.41. The third-order valence-electron chi connectivity index (χ3n) is 8.64. The quantitative estimate of drug-likeness (QED) is 0.292. The van der Waals surface area contributed by atoms with E-state index in [9.17, 15) is 15.0 Å². The lowest BCUT2D eigenvalue weighted by atomic mass is 9.83. The van der Waals surface area contributed by atoms with Gasteiger partial charge < -0.3 is 14.9 Å². The summed E-state index contributed by atoms with van der Waals surface area (Å²) < 4.78 is 6.09. The molecule has 3 atom stereocenters. The molecule has 1 aromatic rings. The topological polar surface area (TPSA) is 83.6 Å². The number of carbonyl (C=O) groups excluding carboxylic acids is 1. The molecule has 2 heterocycles. The van der Waals surface area contributed by atoms with Crippen molar-refractivity contribution < 1.29 is 24.6 Å². The maximum absolute atomic E-state index is 12.5. The lowest BCUT2D eigenvalue weighted by Crippen LogP contribution is -3.11. The number of Topliss-reactive ketones (excluding diaryl/α,β-unsaturated/α-hetero) is 1. The zero-order valence-electron chi connectivity index (χ0n) is 23.5. The standard InChI is InChI=1S/C32H46N2O4/c1-23(2)8-12-29-27-14-18-33-28(27)21-34(29)22-38-31-19-24(10-13-30(31)37)9-11-26(36)20-25(35)7-6-17-32(3)15-4-5-16-32/h10,13-14,18-19,21,23,25,29,35,37H,4-9,11-12,15-17,20,22H2,1-3H3/p+1/t25-,29?/m1/s1. The van der Waals surface area contributed by atoms with Gasteiger partial charge in [-0.25, -0.2) is 0 Å². The maximum Gasteiger partial charge on any atom is 0.227 e. The average Bonchev–Trinajstić information content (AvgIpc) is 3.58. The Bertz CT molecular complexity index is 1050. The Morgan fingerprint density at radius 3 is 2.79 bits per heavy atom. The predicted molar refractivity (Wildman–Crippen MR) is 151 cm³/mol. The number of hydrogen-bond donors (Lipinski definition) is 3. The molecular weight excluding hydrogens is 476 g/mol. The molecule has 0 aromatic heterocycles. The summed E-state index contributed by atoms with van der Waals surface area (Å²) in [5, 5.41) is 20.8. The van der Waals surface area contributed by atoms with Crippen LogP contribution in [0, 0.1) is 11.3 Å². The second-order valence-electron chi connectivity index (χ2n) is 12.4. The highest BCUT2D eigenvalue weighted by Gasteiger charge is 2.36. The number of aliphatic hydroxyl groups excluding tert-OH is 1. The van der Waals surface area contributed by atoms with E-state index in [4.69, 9.17) is 4.74 Å². The number of fused-ring (bicyclic) bond motifs is 1. The zero-order valence-corrected chi connectivity index (χ0v) is 23.5. The van der Waals surface area contributed by atoms with Crippen LogP contribution in [0.15, 0.2) is 46.7 Å². The first-order valence-corrected chi connectivity index (χ1v) is 14.7. The van der Waals surface area contributed by atoms with Gasteiger partial charge in [0.2, 0.25) is 6.73 Å². The summed E-state index contributed by atoms with van der Waals surface area (Å²) >= 11 is 0. The molecule has 1 aromatic carbocycles. The highest BCUT2D eigenvalue weighted by molar-refractivity contribution is 5.80. The number of aliphatic hydroxyl groups is 1. The van der Waals surface area contributed by atoms with Gasteiger partial charge in [0, 0.05) is 31.1 Å². The second kappa shape index (κ2) is 13.1. The molecule has 2 aliphatic heterocycles. The van der Waals surface area contributed by atoms with Crippen molar-refractivity contribution in [3.63, 3.8) is 0 Å². The van der Waals surface area contributed by atoms with Crippen molar-refractivity contribution in [1.82, 2.24) is 0 Å². The first-order valence-electron chi connectivity index (χ1n) is 14.7. The molecule has 4 rings (SSSR count). The molecule has 2 unspecified atom stereocenters. The van der Waals surface area contributed by atoms with E-state index in [1.165, 1.54) is 36.2 Å². The number of ketones is 1. The van der Waals surface area contributed by atoms with E-state index in [-0.39, 0.29) is 18.0 Å². The third-order valence-corrected chi connectivity index (χ3v) is 8.64. The summed E-state index contributed by atoms with van der Waals surface area (Å²) in [5.41, 5.74) is 3.69. The summed E-state index contributed by atoms with van der Waals surface area (Å²) in [4.78, 5) is 18.2. The van der Waals surface area contributed by atoms with Crippen LogP contribution < -0.4 is 9.64 Å². The normalized spacial score (nSPS) is 22.4. The number of aromatic hydroxyl groups is 1. The summed E-state index contributed by atoms with van der Waals surface area (Å²) in [5.74, 6) is 1.27. The van der Waals surface area contributed by atoms with Gasteiger partial charge in [-0.3, -0.25) is 14.7 Å². The van der Waals surface area contributed by atoms with Crippen LogP contribution in [-0.2, 0) is 11.2 Å². The van der Waals surface area contributed by atoms with Gasteiger partial charge in [0.05, 0.1) is 6.10 Å². The second-order valence-corrected chi connectivity index (χ2v) is 12.4. The number of rotatable bonds is 15. The number of nitrogens with one attached hydrogen (secondary N) is 1. The molecule has 0 saturated heterocycles. The molecule has 0 spiro atoms. The number of aryl methyl sites for hydroxylation is 1. The number of ether oxygens (including phenoxy) is 1. The molecule has 0 bridgehead atoms. The van der Waals surface area contributed by atoms with Gasteiger partial charge in [-0.15, -0.1) is 0 Å². The Morgan fingerprint density at radius 2 is 2.03 bits per heavy atom. The fraction of sp³-hybridized carbons (Fsp3) is 0.625. The fourth-order valence-electron chi connectivity index (χ4n) is 6.22. The van der Waals surface area contributed by atoms with E-state index in [1.54, 1.807) is 6.07 Å². The number of carbonyl (C=O) groups is 1. The number of phenolic OH excluding ortho intramolecular Hbond substituents is 1. The van der Waals surface area contributed by atoms with Crippen molar-refractivity contribution in [2.45, 2.75) is 110 Å². The monoisotopic (exact) mass is 523 g/mol. The SMILES string of the molecule is CC(C)CCC1C2=CC=NC2=C[NH+]1COc1cc(CCC(=O)C[C@H](O)CCCC2(C)CCCC2)ccc1O. The lowest BCUT2D eigenvalue weighted by Gasteiger charge is -2.23. The van der Waals surface area contributed by atoms with E-state index in [2.05, 4.69) is 38.0 Å². The number of allylic oxidation sites excluding steroid dienone is 1. The Hall–Kier alpha value is -2.44.